The monoisotopic (exact) mass is 471 g/mol. The second-order valence-electron chi connectivity index (χ2n) is 5.83. The number of carbonyl (C=O) groups excluding carboxylic acids is 1. The maximum absolute atomic E-state index is 12.4. The zero-order valence-corrected chi connectivity index (χ0v) is 18.2. The highest BCUT2D eigenvalue weighted by atomic mass is 35.5. The molecule has 0 aliphatic carbocycles. The molecule has 0 atom stereocenters. The van der Waals surface area contributed by atoms with Crippen LogP contribution in [0.1, 0.15) is 25.9 Å². The quantitative estimate of drug-likeness (QED) is 0.511. The first kappa shape index (κ1) is 21.6. The van der Waals surface area contributed by atoms with Crippen LogP contribution in [0.15, 0.2) is 41.6 Å². The van der Waals surface area contributed by atoms with Gasteiger partial charge in [0.25, 0.3) is 5.91 Å². The van der Waals surface area contributed by atoms with Gasteiger partial charge in [-0.15, -0.1) is 11.3 Å². The number of rotatable bonds is 7. The van der Waals surface area contributed by atoms with Crippen LogP contribution in [0.3, 0.4) is 0 Å². The van der Waals surface area contributed by atoms with Gasteiger partial charge < -0.3 is 5.32 Å². The first-order chi connectivity index (χ1) is 13.7. The van der Waals surface area contributed by atoms with Crippen molar-refractivity contribution in [3.05, 3.63) is 68.1 Å². The van der Waals surface area contributed by atoms with Crippen molar-refractivity contribution in [1.82, 2.24) is 25.0 Å². The molecule has 0 unspecified atom stereocenters. The van der Waals surface area contributed by atoms with Gasteiger partial charge in [0, 0.05) is 23.8 Å². The minimum Gasteiger partial charge on any atom is -0.346 e. The Morgan fingerprint density at radius 1 is 1.10 bits per heavy atom. The summed E-state index contributed by atoms with van der Waals surface area (Å²) in [6.45, 7) is 2.22. The van der Waals surface area contributed by atoms with Gasteiger partial charge >= 0.3 is 0 Å². The Balaban J connectivity index is 1.59. The molecule has 152 valence electrons. The minimum atomic E-state index is -3.88. The number of carbonyl (C=O) groups is 1. The molecule has 0 aliphatic heterocycles. The second kappa shape index (κ2) is 9.14. The molecule has 12 heteroatoms. The number of nitrogens with zero attached hydrogens (tertiary/aromatic N) is 3. The van der Waals surface area contributed by atoms with Crippen LogP contribution >= 0.6 is 34.5 Å². The number of hydrogen-bond donors (Lipinski definition) is 2. The fourth-order valence-electron chi connectivity index (χ4n) is 2.26. The normalized spacial score (nSPS) is 11.4. The first-order valence-electron chi connectivity index (χ1n) is 8.21. The second-order valence-corrected chi connectivity index (χ2v) is 9.63. The lowest BCUT2D eigenvalue weighted by molar-refractivity contribution is 0.0946. The van der Waals surface area contributed by atoms with Crippen molar-refractivity contribution in [2.45, 2.75) is 24.9 Å². The lowest BCUT2D eigenvalue weighted by atomic mass is 10.2. The molecule has 0 radical (unpaired) electrons. The number of nitrogens with one attached hydrogen (secondary N) is 2. The summed E-state index contributed by atoms with van der Waals surface area (Å²) in [5.74, 6) is -0.331. The van der Waals surface area contributed by atoms with E-state index in [4.69, 9.17) is 23.2 Å². The summed E-state index contributed by atoms with van der Waals surface area (Å²) in [4.78, 5) is 24.9. The van der Waals surface area contributed by atoms with Crippen LogP contribution in [0.5, 0.6) is 0 Å². The van der Waals surface area contributed by atoms with Crippen molar-refractivity contribution in [3.63, 3.8) is 0 Å². The van der Waals surface area contributed by atoms with Crippen LogP contribution in [-0.4, -0.2) is 29.3 Å². The molecule has 0 aliphatic rings. The van der Waals surface area contributed by atoms with Gasteiger partial charge in [0.15, 0.2) is 5.15 Å². The fourth-order valence-corrected chi connectivity index (χ4v) is 4.68. The molecule has 29 heavy (non-hydrogen) atoms. The Labute approximate surface area is 181 Å². The Morgan fingerprint density at radius 3 is 2.52 bits per heavy atom. The number of aryl methyl sites for hydroxylation is 1. The molecule has 2 N–H and O–H groups in total. The van der Waals surface area contributed by atoms with Crippen molar-refractivity contribution in [1.29, 1.82) is 0 Å². The minimum absolute atomic E-state index is 0.0314. The number of thiazole rings is 1. The van der Waals surface area contributed by atoms with E-state index in [0.717, 1.165) is 9.88 Å². The lowest BCUT2D eigenvalue weighted by Gasteiger charge is -2.08. The van der Waals surface area contributed by atoms with E-state index in [0.29, 0.717) is 12.1 Å². The molecule has 3 rings (SSSR count). The van der Waals surface area contributed by atoms with E-state index in [1.165, 1.54) is 35.7 Å². The highest BCUT2D eigenvalue weighted by Gasteiger charge is 2.19. The summed E-state index contributed by atoms with van der Waals surface area (Å²) in [6, 6.07) is 5.75. The van der Waals surface area contributed by atoms with Gasteiger partial charge in [-0.3, -0.25) is 9.78 Å². The van der Waals surface area contributed by atoms with E-state index < -0.39 is 10.0 Å². The summed E-state index contributed by atoms with van der Waals surface area (Å²) < 4.78 is 27.1. The van der Waals surface area contributed by atoms with Crippen molar-refractivity contribution in [2.75, 3.05) is 0 Å². The standard InChI is InChI=1S/C17H15Cl2N5O3S2/c1-10-20-8-12(28-10)9-22-17(25)13-3-2-11(6-21-13)7-23-29(26,27)14-4-5-15(18)24-16(14)19/h2-6,8,23H,7,9H2,1H3,(H,22,25). The van der Waals surface area contributed by atoms with E-state index >= 15 is 0 Å². The number of pyridine rings is 2. The van der Waals surface area contributed by atoms with E-state index in [9.17, 15) is 13.2 Å². The third-order valence-electron chi connectivity index (χ3n) is 3.69. The number of amides is 1. The first-order valence-corrected chi connectivity index (χ1v) is 11.3. The van der Waals surface area contributed by atoms with Gasteiger partial charge in [-0.25, -0.2) is 23.1 Å². The average Bonchev–Trinajstić information content (AvgIpc) is 3.10. The smallest absolute Gasteiger partial charge is 0.270 e. The number of hydrogen-bond acceptors (Lipinski definition) is 7. The Kier molecular flexibility index (Phi) is 6.81. The Bertz CT molecular complexity index is 1130. The number of aromatic nitrogens is 3. The number of halogens is 2. The van der Waals surface area contributed by atoms with Crippen molar-refractivity contribution in [2.24, 2.45) is 0 Å². The van der Waals surface area contributed by atoms with Crippen LogP contribution in [0, 0.1) is 6.92 Å². The topological polar surface area (TPSA) is 114 Å². The molecule has 1 amide bonds. The molecule has 3 heterocycles. The van der Waals surface area contributed by atoms with Crippen LogP contribution in [0.25, 0.3) is 0 Å². The maximum atomic E-state index is 12.4. The molecule has 0 spiro atoms. The predicted octanol–water partition coefficient (Wildman–Crippen LogP) is 2.96. The fraction of sp³-hybridized carbons (Fsp3) is 0.176. The SMILES string of the molecule is Cc1ncc(CNC(=O)c2ccc(CNS(=O)(=O)c3ccc(Cl)nc3Cl)cn2)s1. The summed E-state index contributed by atoms with van der Waals surface area (Å²) >= 11 is 13.0. The lowest BCUT2D eigenvalue weighted by Crippen LogP contribution is -2.25. The Morgan fingerprint density at radius 2 is 1.90 bits per heavy atom. The van der Waals surface area contributed by atoms with Crippen LogP contribution in [0.2, 0.25) is 10.3 Å². The van der Waals surface area contributed by atoms with Gasteiger partial charge in [-0.05, 0) is 30.7 Å². The highest BCUT2D eigenvalue weighted by molar-refractivity contribution is 7.89. The summed E-state index contributed by atoms with van der Waals surface area (Å²) in [7, 11) is -3.88. The molecule has 0 aromatic carbocycles. The van der Waals surface area contributed by atoms with Crippen LogP contribution < -0.4 is 10.0 Å². The third kappa shape index (κ3) is 5.71. The van der Waals surface area contributed by atoms with Crippen molar-refractivity contribution in [3.8, 4) is 0 Å². The molecular weight excluding hydrogens is 457 g/mol. The van der Waals surface area contributed by atoms with E-state index in [-0.39, 0.29) is 33.3 Å². The predicted molar refractivity (Wildman–Crippen MR) is 111 cm³/mol. The Hall–Kier alpha value is -2.11. The van der Waals surface area contributed by atoms with Gasteiger partial charge in [-0.2, -0.15) is 0 Å². The van der Waals surface area contributed by atoms with E-state index in [1.54, 1.807) is 12.3 Å². The summed E-state index contributed by atoms with van der Waals surface area (Å²) in [6.07, 6.45) is 3.14. The highest BCUT2D eigenvalue weighted by Crippen LogP contribution is 2.21. The summed E-state index contributed by atoms with van der Waals surface area (Å²) in [5, 5.41) is 3.57. The van der Waals surface area contributed by atoms with Gasteiger partial charge in [0.05, 0.1) is 11.6 Å². The average molecular weight is 472 g/mol. The molecule has 3 aromatic heterocycles. The molecule has 3 aromatic rings. The van der Waals surface area contributed by atoms with E-state index in [1.807, 2.05) is 6.92 Å². The molecular formula is C17H15Cl2N5O3S2. The molecule has 8 nitrogen and oxygen atoms in total. The van der Waals surface area contributed by atoms with Crippen LogP contribution in [-0.2, 0) is 23.1 Å². The maximum Gasteiger partial charge on any atom is 0.270 e. The van der Waals surface area contributed by atoms with Gasteiger partial charge in [-0.1, -0.05) is 29.3 Å². The third-order valence-corrected chi connectivity index (χ3v) is 6.64. The number of sulfonamides is 1. The van der Waals surface area contributed by atoms with Crippen molar-refractivity contribution >= 4 is 50.5 Å². The van der Waals surface area contributed by atoms with Crippen molar-refractivity contribution < 1.29 is 13.2 Å². The molecule has 0 saturated carbocycles. The summed E-state index contributed by atoms with van der Waals surface area (Å²) in [5.41, 5.74) is 0.795. The zero-order chi connectivity index (χ0) is 21.0. The van der Waals surface area contributed by atoms with Gasteiger partial charge in [0.2, 0.25) is 10.0 Å². The van der Waals surface area contributed by atoms with Crippen LogP contribution in [0.4, 0.5) is 0 Å². The molecule has 0 bridgehead atoms. The zero-order valence-electron chi connectivity index (χ0n) is 15.0. The van der Waals surface area contributed by atoms with Gasteiger partial charge in [0.1, 0.15) is 15.7 Å². The van der Waals surface area contributed by atoms with E-state index in [2.05, 4.69) is 25.0 Å². The molecule has 0 fully saturated rings. The largest absolute Gasteiger partial charge is 0.346 e. The molecule has 0 saturated heterocycles.